The van der Waals surface area contributed by atoms with E-state index in [1.54, 1.807) is 0 Å². The molecule has 1 atom stereocenters. The van der Waals surface area contributed by atoms with Crippen LogP contribution in [0.4, 0.5) is 0 Å². The number of nitrogens with one attached hydrogen (secondary N) is 1. The fourth-order valence-corrected chi connectivity index (χ4v) is 2.48. The van der Waals surface area contributed by atoms with Crippen LogP contribution in [0.5, 0.6) is 0 Å². The third kappa shape index (κ3) is 4.23. The van der Waals surface area contributed by atoms with E-state index in [9.17, 15) is 4.79 Å². The minimum atomic E-state index is -0.220. The predicted molar refractivity (Wildman–Crippen MR) is 70.2 cm³/mol. The standard InChI is InChI=1S/C13H25N3O2/c1-16(11-5-8-18-9-6-11)7-4-12(13(14)17)15-10-2-3-10/h10-12,15H,2-9H2,1H3,(H2,14,17). The maximum atomic E-state index is 11.4. The molecule has 1 amide bonds. The van der Waals surface area contributed by atoms with E-state index in [1.807, 2.05) is 0 Å². The van der Waals surface area contributed by atoms with Crippen molar-refractivity contribution in [3.8, 4) is 0 Å². The van der Waals surface area contributed by atoms with E-state index in [0.29, 0.717) is 12.1 Å². The van der Waals surface area contributed by atoms with Gasteiger partial charge in [0, 0.05) is 31.8 Å². The van der Waals surface area contributed by atoms with Crippen molar-refractivity contribution in [2.45, 2.75) is 50.2 Å². The molecule has 1 aliphatic heterocycles. The maximum Gasteiger partial charge on any atom is 0.234 e. The van der Waals surface area contributed by atoms with Crippen LogP contribution in [0.2, 0.25) is 0 Å². The highest BCUT2D eigenvalue weighted by molar-refractivity contribution is 5.79. The van der Waals surface area contributed by atoms with Crippen LogP contribution in [0, 0.1) is 0 Å². The van der Waals surface area contributed by atoms with Gasteiger partial charge in [-0.25, -0.2) is 0 Å². The van der Waals surface area contributed by atoms with Gasteiger partial charge in [-0.2, -0.15) is 0 Å². The van der Waals surface area contributed by atoms with Crippen molar-refractivity contribution in [1.82, 2.24) is 10.2 Å². The second-order valence-corrected chi connectivity index (χ2v) is 5.51. The third-order valence-corrected chi connectivity index (χ3v) is 3.94. The zero-order chi connectivity index (χ0) is 13.0. The average Bonchev–Trinajstić information content (AvgIpc) is 3.18. The molecule has 2 fully saturated rings. The van der Waals surface area contributed by atoms with Crippen molar-refractivity contribution >= 4 is 5.91 Å². The summed E-state index contributed by atoms with van der Waals surface area (Å²) in [5, 5.41) is 3.32. The van der Waals surface area contributed by atoms with Crippen LogP contribution in [0.25, 0.3) is 0 Å². The number of nitrogens with two attached hydrogens (primary N) is 1. The van der Waals surface area contributed by atoms with Gasteiger partial charge < -0.3 is 20.7 Å². The Morgan fingerprint density at radius 1 is 1.39 bits per heavy atom. The molecule has 18 heavy (non-hydrogen) atoms. The summed E-state index contributed by atoms with van der Waals surface area (Å²) < 4.78 is 5.36. The number of nitrogens with zero attached hydrogens (tertiary/aromatic N) is 1. The molecule has 104 valence electrons. The normalized spacial score (nSPS) is 23.2. The lowest BCUT2D eigenvalue weighted by molar-refractivity contribution is -0.120. The third-order valence-electron chi connectivity index (χ3n) is 3.94. The molecule has 0 radical (unpaired) electrons. The number of rotatable bonds is 7. The summed E-state index contributed by atoms with van der Waals surface area (Å²) in [6.45, 7) is 2.63. The van der Waals surface area contributed by atoms with Crippen molar-refractivity contribution in [2.24, 2.45) is 5.73 Å². The molecule has 1 heterocycles. The summed E-state index contributed by atoms with van der Waals surface area (Å²) in [6, 6.07) is 0.948. The first kappa shape index (κ1) is 13.8. The summed E-state index contributed by atoms with van der Waals surface area (Å²) in [4.78, 5) is 13.7. The predicted octanol–water partition coefficient (Wildman–Crippen LogP) is 0.0932. The van der Waals surface area contributed by atoms with E-state index in [4.69, 9.17) is 10.5 Å². The topological polar surface area (TPSA) is 67.6 Å². The monoisotopic (exact) mass is 255 g/mol. The van der Waals surface area contributed by atoms with Gasteiger partial charge in [-0.05, 0) is 39.2 Å². The van der Waals surface area contributed by atoms with Gasteiger partial charge in [-0.1, -0.05) is 0 Å². The van der Waals surface area contributed by atoms with E-state index in [2.05, 4.69) is 17.3 Å². The van der Waals surface area contributed by atoms with Crippen LogP contribution in [-0.4, -0.2) is 55.7 Å². The summed E-state index contributed by atoms with van der Waals surface area (Å²) >= 11 is 0. The first-order valence-electron chi connectivity index (χ1n) is 7.00. The van der Waals surface area contributed by atoms with E-state index >= 15 is 0 Å². The first-order chi connectivity index (χ1) is 8.66. The van der Waals surface area contributed by atoms with E-state index in [1.165, 1.54) is 12.8 Å². The molecule has 1 saturated heterocycles. The highest BCUT2D eigenvalue weighted by atomic mass is 16.5. The van der Waals surface area contributed by atoms with Crippen LogP contribution < -0.4 is 11.1 Å². The van der Waals surface area contributed by atoms with Crippen molar-refractivity contribution in [1.29, 1.82) is 0 Å². The Morgan fingerprint density at radius 2 is 2.06 bits per heavy atom. The van der Waals surface area contributed by atoms with Crippen LogP contribution in [0.15, 0.2) is 0 Å². The van der Waals surface area contributed by atoms with Crippen LogP contribution in [0.3, 0.4) is 0 Å². The lowest BCUT2D eigenvalue weighted by atomic mass is 10.1. The summed E-state index contributed by atoms with van der Waals surface area (Å²) in [6.07, 6.45) is 5.35. The molecular weight excluding hydrogens is 230 g/mol. The van der Waals surface area contributed by atoms with Crippen molar-refractivity contribution in [3.05, 3.63) is 0 Å². The summed E-state index contributed by atoms with van der Waals surface area (Å²) in [5.74, 6) is -0.220. The minimum absolute atomic E-state index is 0.167. The van der Waals surface area contributed by atoms with Gasteiger partial charge in [0.2, 0.25) is 5.91 Å². The van der Waals surface area contributed by atoms with Crippen molar-refractivity contribution in [2.75, 3.05) is 26.8 Å². The van der Waals surface area contributed by atoms with Crippen molar-refractivity contribution in [3.63, 3.8) is 0 Å². The van der Waals surface area contributed by atoms with E-state index < -0.39 is 0 Å². The van der Waals surface area contributed by atoms with Crippen LogP contribution >= 0.6 is 0 Å². The fourth-order valence-electron chi connectivity index (χ4n) is 2.48. The van der Waals surface area contributed by atoms with Gasteiger partial charge in [0.05, 0.1) is 6.04 Å². The Bertz CT molecular complexity index is 275. The van der Waals surface area contributed by atoms with Gasteiger partial charge in [0.15, 0.2) is 0 Å². The van der Waals surface area contributed by atoms with Crippen LogP contribution in [0.1, 0.15) is 32.1 Å². The molecule has 0 aromatic carbocycles. The molecule has 0 spiro atoms. The second kappa shape index (κ2) is 6.50. The zero-order valence-electron chi connectivity index (χ0n) is 11.2. The molecule has 0 aromatic rings. The molecule has 1 saturated carbocycles. The van der Waals surface area contributed by atoms with E-state index in [-0.39, 0.29) is 11.9 Å². The quantitative estimate of drug-likeness (QED) is 0.677. The number of ether oxygens (including phenoxy) is 1. The van der Waals surface area contributed by atoms with Gasteiger partial charge in [-0.15, -0.1) is 0 Å². The Kier molecular flexibility index (Phi) is 4.97. The number of carbonyl (C=O) groups is 1. The zero-order valence-corrected chi connectivity index (χ0v) is 11.2. The number of carbonyl (C=O) groups excluding carboxylic acids is 1. The number of amides is 1. The second-order valence-electron chi connectivity index (χ2n) is 5.51. The molecule has 3 N–H and O–H groups in total. The Morgan fingerprint density at radius 3 is 2.61 bits per heavy atom. The summed E-state index contributed by atoms with van der Waals surface area (Å²) in [5.41, 5.74) is 5.44. The molecule has 2 rings (SSSR count). The van der Waals surface area contributed by atoms with Gasteiger partial charge >= 0.3 is 0 Å². The van der Waals surface area contributed by atoms with Gasteiger partial charge in [-0.3, -0.25) is 4.79 Å². The molecular formula is C13H25N3O2. The first-order valence-corrected chi connectivity index (χ1v) is 7.00. The number of hydrogen-bond acceptors (Lipinski definition) is 4. The number of hydrogen-bond donors (Lipinski definition) is 2. The average molecular weight is 255 g/mol. The lowest BCUT2D eigenvalue weighted by Gasteiger charge is -2.32. The molecule has 1 unspecified atom stereocenters. The summed E-state index contributed by atoms with van der Waals surface area (Å²) in [7, 11) is 2.13. The lowest BCUT2D eigenvalue weighted by Crippen LogP contribution is -2.45. The SMILES string of the molecule is CN(CCC(NC1CC1)C(N)=O)C1CCOCC1. The molecule has 5 heteroatoms. The van der Waals surface area contributed by atoms with Crippen molar-refractivity contribution < 1.29 is 9.53 Å². The van der Waals surface area contributed by atoms with Gasteiger partial charge in [0.1, 0.15) is 0 Å². The minimum Gasteiger partial charge on any atom is -0.381 e. The highest BCUT2D eigenvalue weighted by Crippen LogP contribution is 2.20. The molecule has 0 bridgehead atoms. The Labute approximate surface area is 109 Å². The fraction of sp³-hybridized carbons (Fsp3) is 0.923. The smallest absolute Gasteiger partial charge is 0.234 e. The molecule has 0 aromatic heterocycles. The van der Waals surface area contributed by atoms with Crippen LogP contribution in [-0.2, 0) is 9.53 Å². The number of primary amides is 1. The highest BCUT2D eigenvalue weighted by Gasteiger charge is 2.27. The Hall–Kier alpha value is -0.650. The Balaban J connectivity index is 1.71. The largest absolute Gasteiger partial charge is 0.381 e. The maximum absolute atomic E-state index is 11.4. The molecule has 1 aliphatic carbocycles. The van der Waals surface area contributed by atoms with E-state index in [0.717, 1.165) is 39.0 Å². The molecule has 2 aliphatic rings. The molecule has 5 nitrogen and oxygen atoms in total. The van der Waals surface area contributed by atoms with Gasteiger partial charge in [0.25, 0.3) is 0 Å².